The highest BCUT2D eigenvalue weighted by molar-refractivity contribution is 5.46. The molecule has 26 heavy (non-hydrogen) atoms. The molecule has 134 valence electrons. The zero-order valence-corrected chi connectivity index (χ0v) is 15.3. The van der Waals surface area contributed by atoms with Crippen LogP contribution < -0.4 is 10.2 Å². The smallest absolute Gasteiger partial charge is 0.222 e. The van der Waals surface area contributed by atoms with E-state index in [2.05, 4.69) is 80.8 Å². The summed E-state index contributed by atoms with van der Waals surface area (Å²) in [5, 5.41) is 2.96. The van der Waals surface area contributed by atoms with Crippen LogP contribution in [0.2, 0.25) is 0 Å². The molecule has 1 N–H and O–H groups in total. The number of aryl methyl sites for hydroxylation is 1. The lowest BCUT2D eigenvalue weighted by molar-refractivity contribution is 0.683. The van der Waals surface area contributed by atoms with Crippen LogP contribution in [-0.2, 0) is 13.0 Å². The Labute approximate surface area is 155 Å². The molecular weight excluding hydrogens is 320 g/mol. The molecule has 3 aromatic rings. The maximum atomic E-state index is 4.33. The molecule has 4 heteroatoms. The number of nitrogens with one attached hydrogen (secondary N) is 1. The molecule has 4 nitrogen and oxygen atoms in total. The first kappa shape index (κ1) is 17.9. The molecule has 3 rings (SSSR count). The Morgan fingerprint density at radius 3 is 2.12 bits per heavy atom. The van der Waals surface area contributed by atoms with Gasteiger partial charge in [0.2, 0.25) is 5.95 Å². The predicted molar refractivity (Wildman–Crippen MR) is 108 cm³/mol. The second-order valence-electron chi connectivity index (χ2n) is 6.36. The lowest BCUT2D eigenvalue weighted by Crippen LogP contribution is -2.24. The molecule has 0 aliphatic heterocycles. The molecule has 0 atom stereocenters. The normalized spacial score (nSPS) is 10.5. The van der Waals surface area contributed by atoms with Gasteiger partial charge in [-0.05, 0) is 37.0 Å². The SMILES string of the molecule is CNc1ncc(CN(CCCCc2ccccc2)c2ccccc2)cn1. The Morgan fingerprint density at radius 1 is 0.808 bits per heavy atom. The lowest BCUT2D eigenvalue weighted by atomic mass is 10.1. The van der Waals surface area contributed by atoms with Crippen molar-refractivity contribution in [1.29, 1.82) is 0 Å². The van der Waals surface area contributed by atoms with Crippen molar-refractivity contribution >= 4 is 11.6 Å². The zero-order chi connectivity index (χ0) is 18.0. The third-order valence-corrected chi connectivity index (χ3v) is 4.41. The summed E-state index contributed by atoms with van der Waals surface area (Å²) in [4.78, 5) is 11.1. The van der Waals surface area contributed by atoms with Crippen molar-refractivity contribution in [3.8, 4) is 0 Å². The first-order valence-electron chi connectivity index (χ1n) is 9.18. The van der Waals surface area contributed by atoms with Gasteiger partial charge in [0.1, 0.15) is 0 Å². The van der Waals surface area contributed by atoms with Crippen LogP contribution in [0.5, 0.6) is 0 Å². The fourth-order valence-electron chi connectivity index (χ4n) is 3.00. The predicted octanol–water partition coefficient (Wildman–Crippen LogP) is 4.55. The highest BCUT2D eigenvalue weighted by atomic mass is 15.1. The number of nitrogens with zero attached hydrogens (tertiary/aromatic N) is 3. The van der Waals surface area contributed by atoms with Gasteiger partial charge in [-0.3, -0.25) is 0 Å². The van der Waals surface area contributed by atoms with Gasteiger partial charge < -0.3 is 10.2 Å². The number of rotatable bonds is 9. The maximum absolute atomic E-state index is 4.33. The summed E-state index contributed by atoms with van der Waals surface area (Å²) in [6, 6.07) is 21.3. The molecular formula is C22H26N4. The van der Waals surface area contributed by atoms with E-state index in [-0.39, 0.29) is 0 Å². The molecule has 0 fully saturated rings. The van der Waals surface area contributed by atoms with E-state index in [1.807, 2.05) is 19.4 Å². The van der Waals surface area contributed by atoms with E-state index in [0.717, 1.165) is 31.5 Å². The van der Waals surface area contributed by atoms with Crippen LogP contribution in [0.25, 0.3) is 0 Å². The van der Waals surface area contributed by atoms with Crippen LogP contribution >= 0.6 is 0 Å². The van der Waals surface area contributed by atoms with E-state index in [1.54, 1.807) is 0 Å². The molecule has 0 unspecified atom stereocenters. The third-order valence-electron chi connectivity index (χ3n) is 4.41. The second kappa shape index (κ2) is 9.56. The van der Waals surface area contributed by atoms with Crippen molar-refractivity contribution in [3.05, 3.63) is 84.2 Å². The van der Waals surface area contributed by atoms with Gasteiger partial charge >= 0.3 is 0 Å². The van der Waals surface area contributed by atoms with E-state index >= 15 is 0 Å². The van der Waals surface area contributed by atoms with Crippen molar-refractivity contribution in [1.82, 2.24) is 9.97 Å². The highest BCUT2D eigenvalue weighted by Gasteiger charge is 2.08. The van der Waals surface area contributed by atoms with Crippen LogP contribution in [0.4, 0.5) is 11.6 Å². The number of hydrogen-bond acceptors (Lipinski definition) is 4. The Balaban J connectivity index is 1.60. The average Bonchev–Trinajstić information content (AvgIpc) is 2.72. The summed E-state index contributed by atoms with van der Waals surface area (Å²) in [6.45, 7) is 1.84. The van der Waals surface area contributed by atoms with Crippen molar-refractivity contribution in [2.75, 3.05) is 23.8 Å². The largest absolute Gasteiger partial charge is 0.367 e. The van der Waals surface area contributed by atoms with Gasteiger partial charge in [0, 0.05) is 43.8 Å². The number of anilines is 2. The fourth-order valence-corrected chi connectivity index (χ4v) is 3.00. The minimum Gasteiger partial charge on any atom is -0.367 e. The number of aromatic nitrogens is 2. The van der Waals surface area contributed by atoms with Gasteiger partial charge in [-0.25, -0.2) is 9.97 Å². The van der Waals surface area contributed by atoms with Crippen molar-refractivity contribution in [3.63, 3.8) is 0 Å². The number of para-hydroxylation sites is 1. The number of unbranched alkanes of at least 4 members (excludes halogenated alkanes) is 1. The zero-order valence-electron chi connectivity index (χ0n) is 15.3. The van der Waals surface area contributed by atoms with E-state index in [0.29, 0.717) is 5.95 Å². The monoisotopic (exact) mass is 346 g/mol. The van der Waals surface area contributed by atoms with Gasteiger partial charge in [0.25, 0.3) is 0 Å². The van der Waals surface area contributed by atoms with Crippen LogP contribution in [0.15, 0.2) is 73.1 Å². The molecule has 1 heterocycles. The summed E-state index contributed by atoms with van der Waals surface area (Å²) in [5.74, 6) is 0.655. The quantitative estimate of drug-likeness (QED) is 0.577. The first-order chi connectivity index (χ1) is 12.8. The summed E-state index contributed by atoms with van der Waals surface area (Å²) in [7, 11) is 1.83. The topological polar surface area (TPSA) is 41.1 Å². The van der Waals surface area contributed by atoms with E-state index < -0.39 is 0 Å². The Kier molecular flexibility index (Phi) is 6.59. The molecule has 0 saturated carbocycles. The first-order valence-corrected chi connectivity index (χ1v) is 9.18. The molecule has 0 bridgehead atoms. The molecule has 0 spiro atoms. The third kappa shape index (κ3) is 5.31. The summed E-state index contributed by atoms with van der Waals surface area (Å²) < 4.78 is 0. The number of hydrogen-bond donors (Lipinski definition) is 1. The van der Waals surface area contributed by atoms with Gasteiger partial charge in [0.15, 0.2) is 0 Å². The van der Waals surface area contributed by atoms with Crippen LogP contribution in [0, 0.1) is 0 Å². The molecule has 0 aliphatic carbocycles. The van der Waals surface area contributed by atoms with Crippen molar-refractivity contribution in [2.45, 2.75) is 25.8 Å². The molecule has 0 saturated heterocycles. The molecule has 1 aromatic heterocycles. The van der Waals surface area contributed by atoms with Crippen LogP contribution in [0.1, 0.15) is 24.0 Å². The van der Waals surface area contributed by atoms with E-state index in [1.165, 1.54) is 17.7 Å². The summed E-state index contributed by atoms with van der Waals surface area (Å²) in [5.41, 5.74) is 3.77. The second-order valence-corrected chi connectivity index (χ2v) is 6.36. The van der Waals surface area contributed by atoms with Gasteiger partial charge in [-0.15, -0.1) is 0 Å². The Morgan fingerprint density at radius 2 is 1.46 bits per heavy atom. The van der Waals surface area contributed by atoms with Crippen molar-refractivity contribution < 1.29 is 0 Å². The highest BCUT2D eigenvalue weighted by Crippen LogP contribution is 2.18. The van der Waals surface area contributed by atoms with Gasteiger partial charge in [-0.1, -0.05) is 48.5 Å². The average molecular weight is 346 g/mol. The van der Waals surface area contributed by atoms with Crippen LogP contribution in [0.3, 0.4) is 0 Å². The van der Waals surface area contributed by atoms with Gasteiger partial charge in [-0.2, -0.15) is 0 Å². The molecule has 2 aromatic carbocycles. The van der Waals surface area contributed by atoms with Crippen molar-refractivity contribution in [2.24, 2.45) is 0 Å². The van der Waals surface area contributed by atoms with E-state index in [9.17, 15) is 0 Å². The molecule has 0 aliphatic rings. The Bertz CT molecular complexity index is 757. The minimum atomic E-state index is 0.655. The fraction of sp³-hybridized carbons (Fsp3) is 0.273. The van der Waals surface area contributed by atoms with Gasteiger partial charge in [0.05, 0.1) is 0 Å². The standard InChI is InChI=1S/C22H26N4/c1-23-22-24-16-20(17-25-22)18-26(21-13-6-3-7-14-21)15-9-8-12-19-10-4-2-5-11-19/h2-7,10-11,13-14,16-17H,8-9,12,15,18H2,1H3,(H,23,24,25). The maximum Gasteiger partial charge on any atom is 0.222 e. The summed E-state index contributed by atoms with van der Waals surface area (Å²) >= 11 is 0. The summed E-state index contributed by atoms with van der Waals surface area (Å²) in [6.07, 6.45) is 7.27. The molecule has 0 amide bonds. The number of benzene rings is 2. The van der Waals surface area contributed by atoms with Crippen LogP contribution in [-0.4, -0.2) is 23.6 Å². The lowest BCUT2D eigenvalue weighted by Gasteiger charge is -2.25. The minimum absolute atomic E-state index is 0.655. The molecule has 0 radical (unpaired) electrons. The Hall–Kier alpha value is -2.88. The van der Waals surface area contributed by atoms with E-state index in [4.69, 9.17) is 0 Å².